The number of rotatable bonds is 3. The molecule has 0 amide bonds. The topological polar surface area (TPSA) is 23.6 Å². The molecule has 114 valence electrons. The third-order valence-corrected chi connectivity index (χ3v) is 4.50. The van der Waals surface area contributed by atoms with Crippen LogP contribution in [0.1, 0.15) is 29.6 Å². The Kier molecular flexibility index (Phi) is 4.31. The van der Waals surface area contributed by atoms with Crippen molar-refractivity contribution in [2.45, 2.75) is 25.3 Å². The van der Waals surface area contributed by atoms with Gasteiger partial charge < -0.3 is 0 Å². The van der Waals surface area contributed by atoms with Gasteiger partial charge in [0.15, 0.2) is 17.4 Å². The Morgan fingerprint density at radius 2 is 1.95 bits per heavy atom. The van der Waals surface area contributed by atoms with Crippen molar-refractivity contribution >= 4 is 5.78 Å². The second-order valence-electron chi connectivity index (χ2n) is 5.97. The number of hydrogen-bond donors (Lipinski definition) is 0. The summed E-state index contributed by atoms with van der Waals surface area (Å²) in [5.74, 6) is -2.01. The van der Waals surface area contributed by atoms with Crippen LogP contribution in [0.5, 0.6) is 0 Å². The summed E-state index contributed by atoms with van der Waals surface area (Å²) >= 11 is 0. The van der Waals surface area contributed by atoms with Crippen molar-refractivity contribution in [3.05, 3.63) is 35.4 Å². The van der Waals surface area contributed by atoms with E-state index in [0.29, 0.717) is 6.04 Å². The van der Waals surface area contributed by atoms with Crippen molar-refractivity contribution in [1.82, 2.24) is 9.80 Å². The molecule has 2 saturated heterocycles. The number of carbonyl (C=O) groups excluding carboxylic acids is 1. The first-order chi connectivity index (χ1) is 10.1. The number of ketones is 1. The van der Waals surface area contributed by atoms with Crippen molar-refractivity contribution in [1.29, 1.82) is 0 Å². The Balaban J connectivity index is 1.64. The second kappa shape index (κ2) is 6.20. The number of Topliss-reactive ketones (excluding diaryl/α,β-unsaturated/α-hetero) is 1. The molecule has 2 aliphatic heterocycles. The molecule has 0 bridgehead atoms. The SMILES string of the molecule is O=C(CN1CCCN2CCCC2C1)c1ccc(F)c(F)c1. The van der Waals surface area contributed by atoms with Crippen LogP contribution in [0.25, 0.3) is 0 Å². The lowest BCUT2D eigenvalue weighted by Gasteiger charge is -2.25. The molecule has 2 fully saturated rings. The van der Waals surface area contributed by atoms with E-state index in [1.807, 2.05) is 0 Å². The zero-order valence-electron chi connectivity index (χ0n) is 12.0. The lowest BCUT2D eigenvalue weighted by molar-refractivity contribution is 0.0924. The van der Waals surface area contributed by atoms with Crippen LogP contribution in [-0.4, -0.2) is 54.3 Å². The van der Waals surface area contributed by atoms with E-state index < -0.39 is 11.6 Å². The van der Waals surface area contributed by atoms with E-state index >= 15 is 0 Å². The van der Waals surface area contributed by atoms with E-state index in [2.05, 4.69) is 9.80 Å². The molecule has 0 aliphatic carbocycles. The molecule has 1 unspecified atom stereocenters. The van der Waals surface area contributed by atoms with Gasteiger partial charge in [-0.3, -0.25) is 14.6 Å². The molecule has 3 nitrogen and oxygen atoms in total. The van der Waals surface area contributed by atoms with Gasteiger partial charge >= 0.3 is 0 Å². The van der Waals surface area contributed by atoms with Crippen molar-refractivity contribution in [3.8, 4) is 0 Å². The number of halogens is 2. The van der Waals surface area contributed by atoms with Gasteiger partial charge in [0.05, 0.1) is 6.54 Å². The molecule has 2 heterocycles. The minimum Gasteiger partial charge on any atom is -0.299 e. The van der Waals surface area contributed by atoms with Gasteiger partial charge in [-0.1, -0.05) is 0 Å². The molecular weight excluding hydrogens is 274 g/mol. The van der Waals surface area contributed by atoms with Crippen LogP contribution < -0.4 is 0 Å². The van der Waals surface area contributed by atoms with Crippen LogP contribution in [-0.2, 0) is 0 Å². The van der Waals surface area contributed by atoms with Crippen LogP contribution in [0.3, 0.4) is 0 Å². The average Bonchev–Trinajstić information content (AvgIpc) is 2.80. The fourth-order valence-corrected chi connectivity index (χ4v) is 3.39. The quantitative estimate of drug-likeness (QED) is 0.799. The summed E-state index contributed by atoms with van der Waals surface area (Å²) in [6, 6.07) is 3.92. The number of carbonyl (C=O) groups is 1. The molecule has 1 atom stereocenters. The Labute approximate surface area is 123 Å². The molecular formula is C16H20F2N2O. The zero-order chi connectivity index (χ0) is 14.8. The maximum absolute atomic E-state index is 13.2. The number of hydrogen-bond acceptors (Lipinski definition) is 3. The zero-order valence-corrected chi connectivity index (χ0v) is 12.0. The Hall–Kier alpha value is -1.33. The van der Waals surface area contributed by atoms with E-state index in [4.69, 9.17) is 0 Å². The number of nitrogens with zero attached hydrogens (tertiary/aromatic N) is 2. The fourth-order valence-electron chi connectivity index (χ4n) is 3.39. The van der Waals surface area contributed by atoms with Crippen molar-refractivity contribution in [2.75, 3.05) is 32.7 Å². The molecule has 3 rings (SSSR count). The van der Waals surface area contributed by atoms with E-state index in [-0.39, 0.29) is 17.9 Å². The van der Waals surface area contributed by atoms with Crippen LogP contribution in [0.4, 0.5) is 8.78 Å². The summed E-state index contributed by atoms with van der Waals surface area (Å²) in [4.78, 5) is 16.9. The molecule has 0 radical (unpaired) electrons. The summed E-state index contributed by atoms with van der Waals surface area (Å²) in [6.45, 7) is 4.34. The van der Waals surface area contributed by atoms with Crippen molar-refractivity contribution in [3.63, 3.8) is 0 Å². The van der Waals surface area contributed by atoms with Crippen LogP contribution in [0, 0.1) is 11.6 Å². The molecule has 0 aromatic heterocycles. The van der Waals surface area contributed by atoms with Gasteiger partial charge in [-0.2, -0.15) is 0 Å². The molecule has 5 heteroatoms. The highest BCUT2D eigenvalue weighted by Crippen LogP contribution is 2.21. The monoisotopic (exact) mass is 294 g/mol. The molecule has 1 aromatic rings. The highest BCUT2D eigenvalue weighted by Gasteiger charge is 2.29. The van der Waals surface area contributed by atoms with E-state index in [0.717, 1.165) is 44.7 Å². The third kappa shape index (κ3) is 3.30. The average molecular weight is 294 g/mol. The first kappa shape index (κ1) is 14.6. The molecule has 2 aliphatic rings. The second-order valence-corrected chi connectivity index (χ2v) is 5.97. The summed E-state index contributed by atoms with van der Waals surface area (Å²) < 4.78 is 26.1. The normalized spacial score (nSPS) is 23.8. The van der Waals surface area contributed by atoms with Crippen molar-refractivity contribution in [2.24, 2.45) is 0 Å². The van der Waals surface area contributed by atoms with Gasteiger partial charge in [0.25, 0.3) is 0 Å². The minimum absolute atomic E-state index is 0.139. The highest BCUT2D eigenvalue weighted by molar-refractivity contribution is 5.97. The van der Waals surface area contributed by atoms with Gasteiger partial charge in [-0.25, -0.2) is 8.78 Å². The van der Waals surface area contributed by atoms with Gasteiger partial charge in [0.2, 0.25) is 0 Å². The first-order valence-electron chi connectivity index (χ1n) is 7.58. The molecule has 0 spiro atoms. The van der Waals surface area contributed by atoms with E-state index in [1.54, 1.807) is 0 Å². The summed E-state index contributed by atoms with van der Waals surface area (Å²) in [5.41, 5.74) is 0.251. The standard InChI is InChI=1S/C16H20F2N2O/c17-14-5-4-12(9-15(14)18)16(21)11-19-6-2-8-20-7-1-3-13(20)10-19/h4-5,9,13H,1-3,6-8,10-11H2. The summed E-state index contributed by atoms with van der Waals surface area (Å²) in [6.07, 6.45) is 3.48. The van der Waals surface area contributed by atoms with Gasteiger partial charge in [-0.15, -0.1) is 0 Å². The number of benzene rings is 1. The third-order valence-electron chi connectivity index (χ3n) is 4.50. The van der Waals surface area contributed by atoms with Gasteiger partial charge in [0, 0.05) is 18.2 Å². The summed E-state index contributed by atoms with van der Waals surface area (Å²) in [5, 5.41) is 0. The van der Waals surface area contributed by atoms with E-state index in [9.17, 15) is 13.6 Å². The van der Waals surface area contributed by atoms with E-state index in [1.165, 1.54) is 18.9 Å². The van der Waals surface area contributed by atoms with Gasteiger partial charge in [0.1, 0.15) is 0 Å². The predicted octanol–water partition coefficient (Wildman–Crippen LogP) is 2.32. The first-order valence-corrected chi connectivity index (χ1v) is 7.58. The van der Waals surface area contributed by atoms with Crippen molar-refractivity contribution < 1.29 is 13.6 Å². The lowest BCUT2D eigenvalue weighted by Crippen LogP contribution is -2.38. The maximum atomic E-state index is 13.2. The number of fused-ring (bicyclic) bond motifs is 1. The minimum atomic E-state index is -0.960. The Bertz CT molecular complexity index is 535. The smallest absolute Gasteiger partial charge is 0.176 e. The highest BCUT2D eigenvalue weighted by atomic mass is 19.2. The molecule has 0 N–H and O–H groups in total. The lowest BCUT2D eigenvalue weighted by atomic mass is 10.1. The van der Waals surface area contributed by atoms with Gasteiger partial charge in [-0.05, 0) is 57.1 Å². The fraction of sp³-hybridized carbons (Fsp3) is 0.562. The maximum Gasteiger partial charge on any atom is 0.176 e. The predicted molar refractivity (Wildman–Crippen MR) is 76.3 cm³/mol. The largest absolute Gasteiger partial charge is 0.299 e. The molecule has 0 saturated carbocycles. The van der Waals surface area contributed by atoms with Crippen LogP contribution >= 0.6 is 0 Å². The Morgan fingerprint density at radius 1 is 1.14 bits per heavy atom. The molecule has 1 aromatic carbocycles. The van der Waals surface area contributed by atoms with Crippen LogP contribution in [0.2, 0.25) is 0 Å². The van der Waals surface area contributed by atoms with Crippen LogP contribution in [0.15, 0.2) is 18.2 Å². The molecule has 21 heavy (non-hydrogen) atoms. The summed E-state index contributed by atoms with van der Waals surface area (Å²) in [7, 11) is 0. The Morgan fingerprint density at radius 3 is 2.76 bits per heavy atom.